The van der Waals surface area contributed by atoms with Crippen LogP contribution in [-0.2, 0) is 9.59 Å². The van der Waals surface area contributed by atoms with Gasteiger partial charge in [-0.1, -0.05) is 6.92 Å². The zero-order chi connectivity index (χ0) is 10.4. The molecule has 76 valence electrons. The first kappa shape index (κ1) is 11.9. The average molecular weight is 188 g/mol. The van der Waals surface area contributed by atoms with Crippen molar-refractivity contribution in [2.24, 2.45) is 0 Å². The van der Waals surface area contributed by atoms with E-state index < -0.39 is 17.9 Å². The summed E-state index contributed by atoms with van der Waals surface area (Å²) in [6, 6.07) is -1.13. The molecule has 0 radical (unpaired) electrons. The van der Waals surface area contributed by atoms with Crippen LogP contribution in [0.2, 0.25) is 0 Å². The summed E-state index contributed by atoms with van der Waals surface area (Å²) in [6.07, 6.45) is 0.818. The third-order valence-electron chi connectivity index (χ3n) is 1.72. The van der Waals surface area contributed by atoms with Crippen LogP contribution in [0.25, 0.3) is 0 Å². The molecule has 0 heterocycles. The minimum Gasteiger partial charge on any atom is -0.480 e. The van der Waals surface area contributed by atoms with Crippen LogP contribution >= 0.6 is 0 Å². The summed E-state index contributed by atoms with van der Waals surface area (Å²) < 4.78 is 0. The Kier molecular flexibility index (Phi) is 5.06. The van der Waals surface area contributed by atoms with E-state index in [9.17, 15) is 9.59 Å². The van der Waals surface area contributed by atoms with E-state index in [4.69, 9.17) is 5.11 Å². The highest BCUT2D eigenvalue weighted by Crippen LogP contribution is 1.94. The number of carboxylic acids is 1. The molecular formula is C8H16N2O3. The summed E-state index contributed by atoms with van der Waals surface area (Å²) in [5, 5.41) is 11.1. The second-order valence-corrected chi connectivity index (χ2v) is 2.82. The van der Waals surface area contributed by atoms with Crippen molar-refractivity contribution in [3.05, 3.63) is 0 Å². The number of carbonyl (C=O) groups is 2. The van der Waals surface area contributed by atoms with E-state index >= 15 is 0 Å². The molecule has 13 heavy (non-hydrogen) atoms. The number of carboxylic acid groups (broad SMARTS) is 1. The largest absolute Gasteiger partial charge is 0.480 e. The van der Waals surface area contributed by atoms with E-state index in [2.05, 4.69) is 5.32 Å². The number of hydrogen-bond acceptors (Lipinski definition) is 3. The van der Waals surface area contributed by atoms with Gasteiger partial charge in [0.15, 0.2) is 6.04 Å². The normalized spacial score (nSPS) is 12.2. The maximum atomic E-state index is 11.4. The summed E-state index contributed by atoms with van der Waals surface area (Å²) in [5.41, 5.74) is 0. The van der Waals surface area contributed by atoms with E-state index in [1.807, 2.05) is 6.92 Å². The molecule has 2 N–H and O–H groups in total. The van der Waals surface area contributed by atoms with Crippen LogP contribution in [0.1, 0.15) is 13.3 Å². The van der Waals surface area contributed by atoms with Crippen molar-refractivity contribution in [2.45, 2.75) is 19.4 Å². The molecule has 0 spiro atoms. The third-order valence-corrected chi connectivity index (χ3v) is 1.72. The first-order chi connectivity index (χ1) is 6.04. The Morgan fingerprint density at radius 2 is 2.08 bits per heavy atom. The van der Waals surface area contributed by atoms with Gasteiger partial charge in [-0.15, -0.1) is 0 Å². The summed E-state index contributed by atoms with van der Waals surface area (Å²) in [5.74, 6) is -1.55. The molecule has 1 unspecified atom stereocenters. The highest BCUT2D eigenvalue weighted by atomic mass is 16.4. The van der Waals surface area contributed by atoms with Gasteiger partial charge in [-0.3, -0.25) is 10.1 Å². The van der Waals surface area contributed by atoms with Crippen LogP contribution in [0.5, 0.6) is 0 Å². The molecule has 0 aromatic heterocycles. The number of nitrogens with one attached hydrogen (secondary N) is 1. The number of amides is 1. The molecule has 1 atom stereocenters. The topological polar surface area (TPSA) is 69.6 Å². The predicted molar refractivity (Wildman–Crippen MR) is 48.4 cm³/mol. The van der Waals surface area contributed by atoms with Crippen molar-refractivity contribution in [1.82, 2.24) is 10.2 Å². The van der Waals surface area contributed by atoms with Gasteiger partial charge in [-0.2, -0.15) is 0 Å². The highest BCUT2D eigenvalue weighted by Gasteiger charge is 2.26. The number of carbonyl (C=O) groups excluding carboxylic acids is 1. The number of nitrogens with zero attached hydrogens (tertiary/aromatic N) is 1. The van der Waals surface area contributed by atoms with Gasteiger partial charge in [0.25, 0.3) is 5.91 Å². The molecule has 0 rings (SSSR count). The van der Waals surface area contributed by atoms with Gasteiger partial charge in [0.2, 0.25) is 0 Å². The van der Waals surface area contributed by atoms with Gasteiger partial charge in [0.1, 0.15) is 0 Å². The standard InChI is InChI=1S/C8H16N2O3/c1-4-5-10(3)7(11)6(9-2)8(12)13/h6,9H,4-5H2,1-3H3,(H,12,13). The van der Waals surface area contributed by atoms with Gasteiger partial charge in [0, 0.05) is 13.6 Å². The summed E-state index contributed by atoms with van der Waals surface area (Å²) in [4.78, 5) is 23.4. The van der Waals surface area contributed by atoms with Crippen molar-refractivity contribution in [3.63, 3.8) is 0 Å². The molecule has 5 nitrogen and oxygen atoms in total. The van der Waals surface area contributed by atoms with Crippen LogP contribution in [0.4, 0.5) is 0 Å². The van der Waals surface area contributed by atoms with Gasteiger partial charge in [0.05, 0.1) is 0 Å². The summed E-state index contributed by atoms with van der Waals surface area (Å²) in [6.45, 7) is 2.50. The summed E-state index contributed by atoms with van der Waals surface area (Å²) >= 11 is 0. The lowest BCUT2D eigenvalue weighted by Crippen LogP contribution is -2.48. The second kappa shape index (κ2) is 5.53. The number of hydrogen-bond donors (Lipinski definition) is 2. The zero-order valence-electron chi connectivity index (χ0n) is 8.20. The molecule has 5 heteroatoms. The smallest absolute Gasteiger partial charge is 0.330 e. The molecule has 0 saturated carbocycles. The fourth-order valence-corrected chi connectivity index (χ4v) is 1.02. The van der Waals surface area contributed by atoms with Crippen LogP contribution < -0.4 is 5.32 Å². The molecule has 0 aliphatic heterocycles. The minimum atomic E-state index is -1.14. The van der Waals surface area contributed by atoms with Crippen molar-refractivity contribution < 1.29 is 14.7 Å². The quantitative estimate of drug-likeness (QED) is 0.572. The van der Waals surface area contributed by atoms with Crippen molar-refractivity contribution in [3.8, 4) is 0 Å². The van der Waals surface area contributed by atoms with Crippen LogP contribution in [0, 0.1) is 0 Å². The SMILES string of the molecule is CCCN(C)C(=O)C(NC)C(=O)O. The molecule has 0 saturated heterocycles. The van der Waals surface area contributed by atoms with E-state index in [-0.39, 0.29) is 0 Å². The van der Waals surface area contributed by atoms with E-state index in [1.54, 1.807) is 7.05 Å². The Labute approximate surface area is 77.7 Å². The summed E-state index contributed by atoms with van der Waals surface area (Å²) in [7, 11) is 3.05. The van der Waals surface area contributed by atoms with Gasteiger partial charge >= 0.3 is 5.97 Å². The predicted octanol–water partition coefficient (Wildman–Crippen LogP) is -0.473. The Balaban J connectivity index is 4.28. The Morgan fingerprint density at radius 1 is 1.54 bits per heavy atom. The monoisotopic (exact) mass is 188 g/mol. The Hall–Kier alpha value is -1.10. The molecule has 0 bridgehead atoms. The van der Waals surface area contributed by atoms with Gasteiger partial charge < -0.3 is 10.0 Å². The lowest BCUT2D eigenvalue weighted by atomic mass is 10.2. The maximum absolute atomic E-state index is 11.4. The Bertz CT molecular complexity index is 194. The van der Waals surface area contributed by atoms with Crippen LogP contribution in [0.15, 0.2) is 0 Å². The number of aliphatic carboxylic acids is 1. The number of likely N-dealkylation sites (N-methyl/N-ethyl adjacent to an activating group) is 2. The van der Waals surface area contributed by atoms with E-state index in [0.717, 1.165) is 6.42 Å². The lowest BCUT2D eigenvalue weighted by molar-refractivity contribution is -0.147. The van der Waals surface area contributed by atoms with Crippen LogP contribution in [-0.4, -0.2) is 48.6 Å². The Morgan fingerprint density at radius 3 is 2.38 bits per heavy atom. The van der Waals surface area contributed by atoms with E-state index in [0.29, 0.717) is 6.54 Å². The number of rotatable bonds is 5. The van der Waals surface area contributed by atoms with E-state index in [1.165, 1.54) is 11.9 Å². The first-order valence-corrected chi connectivity index (χ1v) is 4.19. The third kappa shape index (κ3) is 3.42. The molecule has 0 aliphatic rings. The maximum Gasteiger partial charge on any atom is 0.330 e. The molecule has 0 aromatic rings. The average Bonchev–Trinajstić information content (AvgIpc) is 2.05. The lowest BCUT2D eigenvalue weighted by Gasteiger charge is -2.20. The molecule has 0 aliphatic carbocycles. The van der Waals surface area contributed by atoms with Crippen LogP contribution in [0.3, 0.4) is 0 Å². The first-order valence-electron chi connectivity index (χ1n) is 4.19. The van der Waals surface area contributed by atoms with Crippen molar-refractivity contribution >= 4 is 11.9 Å². The van der Waals surface area contributed by atoms with Gasteiger partial charge in [-0.25, -0.2) is 4.79 Å². The molecular weight excluding hydrogens is 172 g/mol. The molecule has 0 fully saturated rings. The minimum absolute atomic E-state index is 0.406. The van der Waals surface area contributed by atoms with Gasteiger partial charge in [-0.05, 0) is 13.5 Å². The zero-order valence-corrected chi connectivity index (χ0v) is 8.20. The molecule has 1 amide bonds. The van der Waals surface area contributed by atoms with Crippen molar-refractivity contribution in [2.75, 3.05) is 20.6 Å². The second-order valence-electron chi connectivity index (χ2n) is 2.82. The molecule has 0 aromatic carbocycles. The highest BCUT2D eigenvalue weighted by molar-refractivity contribution is 6.00. The van der Waals surface area contributed by atoms with Crippen molar-refractivity contribution in [1.29, 1.82) is 0 Å². The fourth-order valence-electron chi connectivity index (χ4n) is 1.02. The fraction of sp³-hybridized carbons (Fsp3) is 0.750.